The van der Waals surface area contributed by atoms with Crippen molar-refractivity contribution in [2.45, 2.75) is 29.4 Å². The molecule has 0 spiro atoms. The Morgan fingerprint density at radius 3 is 2.50 bits per heavy atom. The molecule has 5 nitrogen and oxygen atoms in total. The lowest BCUT2D eigenvalue weighted by molar-refractivity contribution is -0.120. The molecule has 6 heteroatoms. The molecular formula is C12H16N2O3S. The number of carbonyl (C=O) groups excluding carboxylic acids is 1. The Kier molecular flexibility index (Phi) is 3.56. The summed E-state index contributed by atoms with van der Waals surface area (Å²) in [6.45, 7) is 0.548. The predicted octanol–water partition coefficient (Wildman–Crippen LogP) is 0.711. The first-order valence-electron chi connectivity index (χ1n) is 5.89. The molecule has 0 radical (unpaired) electrons. The van der Waals surface area contributed by atoms with Crippen molar-refractivity contribution in [3.8, 4) is 0 Å². The third-order valence-corrected chi connectivity index (χ3v) is 5.20. The number of benzene rings is 1. The first-order valence-corrected chi connectivity index (χ1v) is 7.43. The Morgan fingerprint density at radius 1 is 1.17 bits per heavy atom. The second kappa shape index (κ2) is 4.97. The van der Waals surface area contributed by atoms with Gasteiger partial charge in [0, 0.05) is 12.2 Å². The molecule has 0 aliphatic carbocycles. The van der Waals surface area contributed by atoms with Crippen LogP contribution in [0.3, 0.4) is 0 Å². The lowest BCUT2D eigenvalue weighted by atomic mass is 10.2. The van der Waals surface area contributed by atoms with E-state index in [0.29, 0.717) is 18.7 Å². The molecule has 1 amide bonds. The van der Waals surface area contributed by atoms with Gasteiger partial charge in [0.05, 0.1) is 4.90 Å². The number of rotatable bonds is 2. The molecule has 18 heavy (non-hydrogen) atoms. The van der Waals surface area contributed by atoms with Crippen LogP contribution in [-0.2, 0) is 14.6 Å². The number of nitrogens with two attached hydrogens (primary N) is 1. The third-order valence-electron chi connectivity index (χ3n) is 3.07. The van der Waals surface area contributed by atoms with Crippen LogP contribution < -0.4 is 11.1 Å². The van der Waals surface area contributed by atoms with Gasteiger partial charge in [0.1, 0.15) is 5.25 Å². The van der Waals surface area contributed by atoms with Gasteiger partial charge in [-0.15, -0.1) is 0 Å². The standard InChI is InChI=1S/C12H16N2O3S/c13-9-4-6-10(7-5-9)18(16,17)11-3-1-2-8-14-12(11)15/h4-7,11H,1-3,8,13H2,(H,14,15). The SMILES string of the molecule is Nc1ccc(S(=O)(=O)C2CCCCNC2=O)cc1. The zero-order valence-corrected chi connectivity index (χ0v) is 10.7. The van der Waals surface area contributed by atoms with Crippen LogP contribution in [0.2, 0.25) is 0 Å². The van der Waals surface area contributed by atoms with Gasteiger partial charge in [0.2, 0.25) is 5.91 Å². The number of sulfone groups is 1. The van der Waals surface area contributed by atoms with E-state index < -0.39 is 21.0 Å². The average molecular weight is 268 g/mol. The van der Waals surface area contributed by atoms with Crippen molar-refractivity contribution in [2.75, 3.05) is 12.3 Å². The van der Waals surface area contributed by atoms with Crippen LogP contribution >= 0.6 is 0 Å². The summed E-state index contributed by atoms with van der Waals surface area (Å²) in [5, 5.41) is 1.66. The number of nitrogen functional groups attached to an aromatic ring is 1. The summed E-state index contributed by atoms with van der Waals surface area (Å²) in [6.07, 6.45) is 1.93. The number of amides is 1. The largest absolute Gasteiger partial charge is 0.399 e. The fraction of sp³-hybridized carbons (Fsp3) is 0.417. The zero-order valence-electron chi connectivity index (χ0n) is 9.93. The maximum Gasteiger partial charge on any atom is 0.238 e. The molecule has 1 unspecified atom stereocenters. The number of hydrogen-bond donors (Lipinski definition) is 2. The molecule has 1 aromatic carbocycles. The number of carbonyl (C=O) groups is 1. The molecule has 1 fully saturated rings. The van der Waals surface area contributed by atoms with Gasteiger partial charge >= 0.3 is 0 Å². The summed E-state index contributed by atoms with van der Waals surface area (Å²) in [5.41, 5.74) is 6.03. The molecular weight excluding hydrogens is 252 g/mol. The second-order valence-corrected chi connectivity index (χ2v) is 6.52. The van der Waals surface area contributed by atoms with Crippen LogP contribution in [0, 0.1) is 0 Å². The van der Waals surface area contributed by atoms with Crippen molar-refractivity contribution in [1.82, 2.24) is 5.32 Å². The molecule has 1 saturated heterocycles. The van der Waals surface area contributed by atoms with Gasteiger partial charge in [-0.25, -0.2) is 8.42 Å². The molecule has 1 aromatic rings. The van der Waals surface area contributed by atoms with E-state index in [1.54, 1.807) is 0 Å². The van der Waals surface area contributed by atoms with Crippen molar-refractivity contribution >= 4 is 21.4 Å². The van der Waals surface area contributed by atoms with Gasteiger partial charge < -0.3 is 11.1 Å². The Bertz CT molecular complexity index is 537. The molecule has 2 rings (SSSR count). The van der Waals surface area contributed by atoms with Gasteiger partial charge in [0.25, 0.3) is 0 Å². The molecule has 0 saturated carbocycles. The summed E-state index contributed by atoms with van der Waals surface area (Å²) in [6, 6.07) is 5.95. The summed E-state index contributed by atoms with van der Waals surface area (Å²) in [4.78, 5) is 11.9. The van der Waals surface area contributed by atoms with Crippen LogP contribution in [0.25, 0.3) is 0 Å². The van der Waals surface area contributed by atoms with Crippen molar-refractivity contribution in [3.05, 3.63) is 24.3 Å². The Hall–Kier alpha value is -1.56. The molecule has 1 heterocycles. The Balaban J connectivity index is 2.34. The summed E-state index contributed by atoms with van der Waals surface area (Å²) >= 11 is 0. The number of anilines is 1. The average Bonchev–Trinajstić information content (AvgIpc) is 2.55. The molecule has 1 aliphatic heterocycles. The first kappa shape index (κ1) is 12.9. The fourth-order valence-corrected chi connectivity index (χ4v) is 3.72. The molecule has 0 aromatic heterocycles. The van der Waals surface area contributed by atoms with E-state index in [0.717, 1.165) is 12.8 Å². The van der Waals surface area contributed by atoms with Crippen molar-refractivity contribution in [3.63, 3.8) is 0 Å². The maximum absolute atomic E-state index is 12.4. The quantitative estimate of drug-likeness (QED) is 0.773. The Morgan fingerprint density at radius 2 is 1.83 bits per heavy atom. The van der Waals surface area contributed by atoms with E-state index in [-0.39, 0.29) is 4.90 Å². The van der Waals surface area contributed by atoms with E-state index in [1.807, 2.05) is 0 Å². The van der Waals surface area contributed by atoms with Crippen LogP contribution in [-0.4, -0.2) is 26.1 Å². The van der Waals surface area contributed by atoms with Crippen LogP contribution in [0.5, 0.6) is 0 Å². The van der Waals surface area contributed by atoms with Crippen molar-refractivity contribution in [1.29, 1.82) is 0 Å². The molecule has 3 N–H and O–H groups in total. The van der Waals surface area contributed by atoms with Crippen molar-refractivity contribution < 1.29 is 13.2 Å². The van der Waals surface area contributed by atoms with Gasteiger partial charge in [-0.3, -0.25) is 4.79 Å². The van der Waals surface area contributed by atoms with Crippen molar-refractivity contribution in [2.24, 2.45) is 0 Å². The monoisotopic (exact) mass is 268 g/mol. The fourth-order valence-electron chi connectivity index (χ4n) is 2.03. The highest BCUT2D eigenvalue weighted by atomic mass is 32.2. The highest BCUT2D eigenvalue weighted by molar-refractivity contribution is 7.92. The van der Waals surface area contributed by atoms with E-state index in [2.05, 4.69) is 5.32 Å². The normalized spacial score (nSPS) is 21.1. The minimum absolute atomic E-state index is 0.152. The van der Waals surface area contributed by atoms with E-state index >= 15 is 0 Å². The van der Waals surface area contributed by atoms with Gasteiger partial charge in [-0.1, -0.05) is 0 Å². The predicted molar refractivity (Wildman–Crippen MR) is 68.7 cm³/mol. The van der Waals surface area contributed by atoms with Gasteiger partial charge in [0.15, 0.2) is 9.84 Å². The zero-order chi connectivity index (χ0) is 13.2. The maximum atomic E-state index is 12.4. The number of hydrogen-bond acceptors (Lipinski definition) is 4. The number of nitrogens with one attached hydrogen (secondary N) is 1. The van der Waals surface area contributed by atoms with Crippen LogP contribution in [0.15, 0.2) is 29.2 Å². The van der Waals surface area contributed by atoms with Crippen LogP contribution in [0.1, 0.15) is 19.3 Å². The molecule has 0 bridgehead atoms. The first-order chi connectivity index (χ1) is 8.51. The van der Waals surface area contributed by atoms with E-state index in [4.69, 9.17) is 5.73 Å². The minimum Gasteiger partial charge on any atom is -0.399 e. The third kappa shape index (κ3) is 2.48. The highest BCUT2D eigenvalue weighted by Gasteiger charge is 2.34. The van der Waals surface area contributed by atoms with E-state index in [9.17, 15) is 13.2 Å². The summed E-state index contributed by atoms with van der Waals surface area (Å²) < 4.78 is 24.7. The smallest absolute Gasteiger partial charge is 0.238 e. The van der Waals surface area contributed by atoms with E-state index in [1.165, 1.54) is 24.3 Å². The molecule has 98 valence electrons. The summed E-state index contributed by atoms with van der Waals surface area (Å²) in [7, 11) is -3.62. The van der Waals surface area contributed by atoms with Gasteiger partial charge in [-0.05, 0) is 43.5 Å². The summed E-state index contributed by atoms with van der Waals surface area (Å²) in [5.74, 6) is -0.399. The minimum atomic E-state index is -3.62. The lowest BCUT2D eigenvalue weighted by Crippen LogP contribution is -2.38. The molecule has 1 atom stereocenters. The van der Waals surface area contributed by atoms with Gasteiger partial charge in [-0.2, -0.15) is 0 Å². The highest BCUT2D eigenvalue weighted by Crippen LogP contribution is 2.22. The lowest BCUT2D eigenvalue weighted by Gasteiger charge is -2.14. The molecule has 1 aliphatic rings. The Labute approximate surface area is 106 Å². The topological polar surface area (TPSA) is 89.3 Å². The van der Waals surface area contributed by atoms with Crippen LogP contribution in [0.4, 0.5) is 5.69 Å². The second-order valence-electron chi connectivity index (χ2n) is 4.39.